The predicted molar refractivity (Wildman–Crippen MR) is 85.6 cm³/mol. The molecule has 108 valence electrons. The number of nitrogens with zero attached hydrogens (tertiary/aromatic N) is 2. The smallest absolute Gasteiger partial charge is 0.0847 e. The number of rotatable bonds is 4. The van der Waals surface area contributed by atoms with E-state index in [0.29, 0.717) is 11.4 Å². The predicted octanol–water partition coefficient (Wildman–Crippen LogP) is 3.20. The van der Waals surface area contributed by atoms with Gasteiger partial charge in [-0.25, -0.2) is 0 Å². The van der Waals surface area contributed by atoms with Crippen molar-refractivity contribution in [2.45, 2.75) is 26.3 Å². The summed E-state index contributed by atoms with van der Waals surface area (Å²) < 4.78 is 2.88. The quantitative estimate of drug-likeness (QED) is 0.652. The summed E-state index contributed by atoms with van der Waals surface area (Å²) in [6.45, 7) is 3.96. The molecule has 1 aromatic carbocycles. The minimum Gasteiger partial charge on any atom is -0.271 e. The summed E-state index contributed by atoms with van der Waals surface area (Å²) >= 11 is 9.85. The first-order valence-corrected chi connectivity index (χ1v) is 7.51. The van der Waals surface area contributed by atoms with Crippen LogP contribution in [-0.4, -0.2) is 9.78 Å². The van der Waals surface area contributed by atoms with E-state index in [1.54, 1.807) is 0 Å². The molecule has 0 radical (unpaired) electrons. The van der Waals surface area contributed by atoms with E-state index in [0.717, 1.165) is 21.4 Å². The van der Waals surface area contributed by atoms with Gasteiger partial charge in [0.25, 0.3) is 0 Å². The molecule has 0 aliphatic heterocycles. The minimum atomic E-state index is -0.0146. The van der Waals surface area contributed by atoms with Crippen LogP contribution in [0.25, 0.3) is 0 Å². The molecule has 0 saturated heterocycles. The number of nitrogens with two attached hydrogens (primary N) is 1. The summed E-state index contributed by atoms with van der Waals surface area (Å²) in [7, 11) is 1.90. The second-order valence-corrected chi connectivity index (χ2v) is 6.13. The lowest BCUT2D eigenvalue weighted by Gasteiger charge is -2.17. The Labute approximate surface area is 132 Å². The first-order valence-electron chi connectivity index (χ1n) is 6.34. The maximum Gasteiger partial charge on any atom is 0.0847 e. The van der Waals surface area contributed by atoms with Gasteiger partial charge < -0.3 is 0 Å². The fourth-order valence-corrected chi connectivity index (χ4v) is 2.83. The fourth-order valence-electron chi connectivity index (χ4n) is 2.19. The van der Waals surface area contributed by atoms with Crippen LogP contribution in [0.15, 0.2) is 22.7 Å². The van der Waals surface area contributed by atoms with Crippen LogP contribution in [0.3, 0.4) is 0 Å². The van der Waals surface area contributed by atoms with Gasteiger partial charge in [0.05, 0.1) is 22.5 Å². The molecule has 4 nitrogen and oxygen atoms in total. The molecule has 1 heterocycles. The van der Waals surface area contributed by atoms with Crippen molar-refractivity contribution in [3.8, 4) is 0 Å². The highest BCUT2D eigenvalue weighted by Crippen LogP contribution is 2.27. The summed E-state index contributed by atoms with van der Waals surface area (Å²) in [6.07, 6.45) is 0.683. The Balaban J connectivity index is 2.31. The number of hydrogen-bond acceptors (Lipinski definition) is 3. The average Bonchev–Trinajstić information content (AvgIpc) is 2.65. The number of hydrogen-bond donors (Lipinski definition) is 2. The molecule has 0 spiro atoms. The summed E-state index contributed by atoms with van der Waals surface area (Å²) in [5.41, 5.74) is 6.97. The Morgan fingerprint density at radius 2 is 2.15 bits per heavy atom. The van der Waals surface area contributed by atoms with Crippen molar-refractivity contribution < 1.29 is 0 Å². The van der Waals surface area contributed by atoms with Gasteiger partial charge in [-0.05, 0) is 31.0 Å². The zero-order chi connectivity index (χ0) is 14.9. The molecule has 1 unspecified atom stereocenters. The van der Waals surface area contributed by atoms with Crippen LogP contribution in [0.1, 0.15) is 28.6 Å². The Bertz CT molecular complexity index is 624. The molecule has 1 atom stereocenters. The SMILES string of the molecule is Cc1ccc(C(Cc2c(Cl)c(C)nn2C)NN)cc1Br. The van der Waals surface area contributed by atoms with E-state index in [4.69, 9.17) is 17.4 Å². The Morgan fingerprint density at radius 3 is 2.65 bits per heavy atom. The van der Waals surface area contributed by atoms with Gasteiger partial charge >= 0.3 is 0 Å². The third kappa shape index (κ3) is 3.06. The van der Waals surface area contributed by atoms with Crippen LogP contribution in [-0.2, 0) is 13.5 Å². The summed E-state index contributed by atoms with van der Waals surface area (Å²) in [4.78, 5) is 0. The van der Waals surface area contributed by atoms with E-state index in [9.17, 15) is 0 Å². The van der Waals surface area contributed by atoms with E-state index in [1.165, 1.54) is 5.56 Å². The number of hydrazine groups is 1. The molecule has 0 amide bonds. The first kappa shape index (κ1) is 15.5. The van der Waals surface area contributed by atoms with Crippen molar-refractivity contribution in [1.82, 2.24) is 15.2 Å². The van der Waals surface area contributed by atoms with Gasteiger partial charge in [-0.1, -0.05) is 39.7 Å². The van der Waals surface area contributed by atoms with Gasteiger partial charge in [-0.2, -0.15) is 5.10 Å². The lowest BCUT2D eigenvalue weighted by atomic mass is 10.0. The lowest BCUT2D eigenvalue weighted by Crippen LogP contribution is -2.30. The highest BCUT2D eigenvalue weighted by Gasteiger charge is 2.18. The van der Waals surface area contributed by atoms with Crippen LogP contribution >= 0.6 is 27.5 Å². The second-order valence-electron chi connectivity index (χ2n) is 4.90. The van der Waals surface area contributed by atoms with Gasteiger partial charge in [0.2, 0.25) is 0 Å². The van der Waals surface area contributed by atoms with Gasteiger partial charge in [-0.15, -0.1) is 0 Å². The van der Waals surface area contributed by atoms with E-state index in [-0.39, 0.29) is 6.04 Å². The van der Waals surface area contributed by atoms with E-state index >= 15 is 0 Å². The van der Waals surface area contributed by atoms with Crippen molar-refractivity contribution in [3.05, 3.63) is 50.2 Å². The number of aryl methyl sites for hydroxylation is 3. The minimum absolute atomic E-state index is 0.0146. The van der Waals surface area contributed by atoms with Crippen molar-refractivity contribution >= 4 is 27.5 Å². The molecule has 0 saturated carbocycles. The third-order valence-electron chi connectivity index (χ3n) is 3.46. The summed E-state index contributed by atoms with van der Waals surface area (Å²) in [5, 5.41) is 5.04. The molecule has 0 aliphatic carbocycles. The van der Waals surface area contributed by atoms with Gasteiger partial charge in [0.15, 0.2) is 0 Å². The maximum absolute atomic E-state index is 6.30. The molecule has 1 aromatic heterocycles. The van der Waals surface area contributed by atoms with Crippen molar-refractivity contribution in [3.63, 3.8) is 0 Å². The number of halogens is 2. The van der Waals surface area contributed by atoms with Crippen LogP contribution in [0.4, 0.5) is 0 Å². The highest BCUT2D eigenvalue weighted by molar-refractivity contribution is 9.10. The summed E-state index contributed by atoms with van der Waals surface area (Å²) in [5.74, 6) is 5.71. The largest absolute Gasteiger partial charge is 0.271 e. The monoisotopic (exact) mass is 356 g/mol. The maximum atomic E-state index is 6.30. The normalized spacial score (nSPS) is 12.7. The van der Waals surface area contributed by atoms with Crippen LogP contribution in [0.5, 0.6) is 0 Å². The standard InChI is InChI=1S/C14H18BrClN4/c1-8-4-5-10(6-11(8)15)12(18-17)7-13-14(16)9(2)19-20(13)3/h4-6,12,18H,7,17H2,1-3H3. The topological polar surface area (TPSA) is 55.9 Å². The molecule has 2 rings (SSSR count). The second kappa shape index (κ2) is 6.26. The van der Waals surface area contributed by atoms with E-state index in [1.807, 2.05) is 18.7 Å². The number of aromatic nitrogens is 2. The van der Waals surface area contributed by atoms with E-state index < -0.39 is 0 Å². The van der Waals surface area contributed by atoms with Gasteiger partial charge in [0, 0.05) is 17.9 Å². The molecule has 0 bridgehead atoms. The van der Waals surface area contributed by atoms with Crippen LogP contribution in [0.2, 0.25) is 5.02 Å². The zero-order valence-corrected chi connectivity index (χ0v) is 14.1. The molecular formula is C14H18BrClN4. The number of nitrogens with one attached hydrogen (secondary N) is 1. The lowest BCUT2D eigenvalue weighted by molar-refractivity contribution is 0.530. The third-order valence-corrected chi connectivity index (χ3v) is 4.80. The molecule has 3 N–H and O–H groups in total. The molecule has 0 aliphatic rings. The van der Waals surface area contributed by atoms with Crippen molar-refractivity contribution in [1.29, 1.82) is 0 Å². The Kier molecular flexibility index (Phi) is 4.86. The highest BCUT2D eigenvalue weighted by atomic mass is 79.9. The molecular weight excluding hydrogens is 340 g/mol. The van der Waals surface area contributed by atoms with Gasteiger partial charge in [0.1, 0.15) is 0 Å². The van der Waals surface area contributed by atoms with Crippen LogP contribution < -0.4 is 11.3 Å². The molecule has 6 heteroatoms. The molecule has 20 heavy (non-hydrogen) atoms. The summed E-state index contributed by atoms with van der Waals surface area (Å²) in [6, 6.07) is 6.21. The molecule has 0 fully saturated rings. The molecule has 2 aromatic rings. The van der Waals surface area contributed by atoms with E-state index in [2.05, 4.69) is 51.6 Å². The van der Waals surface area contributed by atoms with Crippen molar-refractivity contribution in [2.75, 3.05) is 0 Å². The van der Waals surface area contributed by atoms with Crippen molar-refractivity contribution in [2.24, 2.45) is 12.9 Å². The Hall–Kier alpha value is -0.880. The first-order chi connectivity index (χ1) is 9.43. The van der Waals surface area contributed by atoms with Crippen LogP contribution in [0, 0.1) is 13.8 Å². The average molecular weight is 358 g/mol. The Morgan fingerprint density at radius 1 is 1.45 bits per heavy atom. The number of benzene rings is 1. The fraction of sp³-hybridized carbons (Fsp3) is 0.357. The van der Waals surface area contributed by atoms with Gasteiger partial charge in [-0.3, -0.25) is 16.0 Å². The zero-order valence-electron chi connectivity index (χ0n) is 11.7.